The van der Waals surface area contributed by atoms with Gasteiger partial charge in [-0.05, 0) is 12.1 Å². The third kappa shape index (κ3) is 2.24. The van der Waals surface area contributed by atoms with Gasteiger partial charge >= 0.3 is 0 Å². The van der Waals surface area contributed by atoms with Crippen molar-refractivity contribution in [3.8, 4) is 11.4 Å². The molecule has 0 amide bonds. The molecule has 0 radical (unpaired) electrons. The molecule has 0 bridgehead atoms. The molecule has 2 aromatic rings. The van der Waals surface area contributed by atoms with Crippen molar-refractivity contribution in [2.75, 3.05) is 13.7 Å². The second-order valence-corrected chi connectivity index (χ2v) is 3.61. The lowest BCUT2D eigenvalue weighted by Crippen LogP contribution is -2.17. The molecular weight excluding hydrogens is 220 g/mol. The van der Waals surface area contributed by atoms with Gasteiger partial charge in [0.15, 0.2) is 0 Å². The highest BCUT2D eigenvalue weighted by molar-refractivity contribution is 5.38. The second-order valence-electron chi connectivity index (χ2n) is 3.61. The number of nitrogens with zero attached hydrogens (tertiary/aromatic N) is 1. The van der Waals surface area contributed by atoms with Crippen molar-refractivity contribution in [1.82, 2.24) is 9.78 Å². The highest BCUT2D eigenvalue weighted by Crippen LogP contribution is 2.14. The average molecular weight is 234 g/mol. The molecule has 0 aliphatic heterocycles. The monoisotopic (exact) mass is 234 g/mol. The first kappa shape index (κ1) is 11.5. The standard InChI is InChI=1S/C12H14N2O3/c1-17-11-4-2-3-10(7-11)14-12(16)9(5-6-15)8-13-14/h2-4,7-8,13,15H,5-6H2,1H3. The maximum atomic E-state index is 11.9. The van der Waals surface area contributed by atoms with Crippen LogP contribution in [0.4, 0.5) is 0 Å². The number of hydrogen-bond donors (Lipinski definition) is 2. The Bertz CT molecular complexity index is 557. The van der Waals surface area contributed by atoms with E-state index in [0.29, 0.717) is 23.4 Å². The van der Waals surface area contributed by atoms with Crippen molar-refractivity contribution < 1.29 is 9.84 Å². The van der Waals surface area contributed by atoms with E-state index in [2.05, 4.69) is 5.10 Å². The van der Waals surface area contributed by atoms with Crippen LogP contribution in [-0.2, 0) is 6.42 Å². The number of methoxy groups -OCH3 is 1. The first-order chi connectivity index (χ1) is 8.26. The second kappa shape index (κ2) is 4.88. The van der Waals surface area contributed by atoms with Crippen LogP contribution in [0, 0.1) is 0 Å². The quantitative estimate of drug-likeness (QED) is 0.818. The van der Waals surface area contributed by atoms with Gasteiger partial charge < -0.3 is 9.84 Å². The molecule has 0 atom stereocenters. The van der Waals surface area contributed by atoms with Crippen LogP contribution in [-0.4, -0.2) is 28.6 Å². The minimum atomic E-state index is -0.146. The lowest BCUT2D eigenvalue weighted by atomic mass is 10.2. The molecule has 1 aromatic heterocycles. The van der Waals surface area contributed by atoms with Crippen LogP contribution >= 0.6 is 0 Å². The minimum Gasteiger partial charge on any atom is -0.497 e. The first-order valence-corrected chi connectivity index (χ1v) is 5.31. The fraction of sp³-hybridized carbons (Fsp3) is 0.250. The molecule has 0 unspecified atom stereocenters. The summed E-state index contributed by atoms with van der Waals surface area (Å²) < 4.78 is 6.53. The van der Waals surface area contributed by atoms with Crippen LogP contribution in [0.1, 0.15) is 5.56 Å². The molecule has 0 aliphatic carbocycles. The summed E-state index contributed by atoms with van der Waals surface area (Å²) in [4.78, 5) is 11.9. The van der Waals surface area contributed by atoms with E-state index in [1.165, 1.54) is 4.68 Å². The molecule has 2 rings (SSSR count). The summed E-state index contributed by atoms with van der Waals surface area (Å²) >= 11 is 0. The van der Waals surface area contributed by atoms with Gasteiger partial charge in [-0.3, -0.25) is 9.89 Å². The van der Waals surface area contributed by atoms with E-state index in [0.717, 1.165) is 0 Å². The molecule has 0 fully saturated rings. The first-order valence-electron chi connectivity index (χ1n) is 5.31. The lowest BCUT2D eigenvalue weighted by molar-refractivity contribution is 0.299. The summed E-state index contributed by atoms with van der Waals surface area (Å²) in [6, 6.07) is 7.20. The van der Waals surface area contributed by atoms with Gasteiger partial charge in [-0.25, -0.2) is 4.68 Å². The number of aromatic amines is 1. The normalized spacial score (nSPS) is 10.5. The van der Waals surface area contributed by atoms with Crippen LogP contribution in [0.15, 0.2) is 35.3 Å². The minimum absolute atomic E-state index is 0.0365. The Hall–Kier alpha value is -2.01. The fourth-order valence-electron chi connectivity index (χ4n) is 1.65. The van der Waals surface area contributed by atoms with Gasteiger partial charge in [-0.1, -0.05) is 6.07 Å². The van der Waals surface area contributed by atoms with Crippen molar-refractivity contribution in [2.45, 2.75) is 6.42 Å². The highest BCUT2D eigenvalue weighted by Gasteiger charge is 2.07. The average Bonchev–Trinajstić information content (AvgIpc) is 2.72. The Balaban J connectivity index is 2.42. The number of aromatic nitrogens is 2. The summed E-state index contributed by atoms with van der Waals surface area (Å²) in [6.07, 6.45) is 1.96. The van der Waals surface area contributed by atoms with Crippen molar-refractivity contribution in [2.24, 2.45) is 0 Å². The zero-order valence-corrected chi connectivity index (χ0v) is 9.51. The zero-order chi connectivity index (χ0) is 12.3. The predicted octanol–water partition coefficient (Wildman–Crippen LogP) is 0.709. The molecule has 1 aromatic carbocycles. The van der Waals surface area contributed by atoms with Crippen molar-refractivity contribution in [1.29, 1.82) is 0 Å². The summed E-state index contributed by atoms with van der Waals surface area (Å²) in [6.45, 7) is -0.0365. The number of aliphatic hydroxyl groups is 1. The Morgan fingerprint density at radius 2 is 2.29 bits per heavy atom. The molecule has 2 N–H and O–H groups in total. The van der Waals surface area contributed by atoms with E-state index in [4.69, 9.17) is 9.84 Å². The Kier molecular flexibility index (Phi) is 3.30. The molecular formula is C12H14N2O3. The van der Waals surface area contributed by atoms with Crippen LogP contribution in [0.2, 0.25) is 0 Å². The molecule has 0 aliphatic rings. The van der Waals surface area contributed by atoms with Crippen molar-refractivity contribution in [3.05, 3.63) is 46.4 Å². The third-order valence-electron chi connectivity index (χ3n) is 2.54. The van der Waals surface area contributed by atoms with Crippen LogP contribution in [0.3, 0.4) is 0 Å². The van der Waals surface area contributed by atoms with E-state index in [-0.39, 0.29) is 12.2 Å². The number of H-pyrrole nitrogens is 1. The molecule has 5 heteroatoms. The predicted molar refractivity (Wildman–Crippen MR) is 63.7 cm³/mol. The number of aliphatic hydroxyl groups excluding tert-OH is 1. The van der Waals surface area contributed by atoms with E-state index >= 15 is 0 Å². The van der Waals surface area contributed by atoms with Crippen LogP contribution in [0.5, 0.6) is 5.75 Å². The maximum Gasteiger partial charge on any atom is 0.274 e. The van der Waals surface area contributed by atoms with Gasteiger partial charge in [0.1, 0.15) is 5.75 Å². The number of hydrogen-bond acceptors (Lipinski definition) is 3. The van der Waals surface area contributed by atoms with Gasteiger partial charge in [0.2, 0.25) is 0 Å². The van der Waals surface area contributed by atoms with Gasteiger partial charge in [-0.15, -0.1) is 0 Å². The van der Waals surface area contributed by atoms with Crippen molar-refractivity contribution >= 4 is 0 Å². The number of benzene rings is 1. The summed E-state index contributed by atoms with van der Waals surface area (Å²) in [5, 5.41) is 11.7. The van der Waals surface area contributed by atoms with E-state index in [1.807, 2.05) is 18.2 Å². The summed E-state index contributed by atoms with van der Waals surface area (Å²) in [5.74, 6) is 0.688. The Morgan fingerprint density at radius 1 is 1.47 bits per heavy atom. The number of rotatable bonds is 4. The molecule has 5 nitrogen and oxygen atoms in total. The topological polar surface area (TPSA) is 67.2 Å². The molecule has 1 heterocycles. The number of ether oxygens (including phenoxy) is 1. The Morgan fingerprint density at radius 3 is 3.00 bits per heavy atom. The summed E-state index contributed by atoms with van der Waals surface area (Å²) in [7, 11) is 1.58. The Labute approximate surface area is 98.3 Å². The van der Waals surface area contributed by atoms with Crippen LogP contribution in [0.25, 0.3) is 5.69 Å². The third-order valence-corrected chi connectivity index (χ3v) is 2.54. The maximum absolute atomic E-state index is 11.9. The molecule has 0 saturated heterocycles. The summed E-state index contributed by atoms with van der Waals surface area (Å²) in [5.41, 5.74) is 1.13. The van der Waals surface area contributed by atoms with Crippen molar-refractivity contribution in [3.63, 3.8) is 0 Å². The SMILES string of the molecule is COc1cccc(-n2[nH]cc(CCO)c2=O)c1. The van der Waals surface area contributed by atoms with Gasteiger partial charge in [0, 0.05) is 30.9 Å². The van der Waals surface area contributed by atoms with Gasteiger partial charge in [0.05, 0.1) is 12.8 Å². The largest absolute Gasteiger partial charge is 0.497 e. The van der Waals surface area contributed by atoms with E-state index in [1.54, 1.807) is 19.4 Å². The highest BCUT2D eigenvalue weighted by atomic mass is 16.5. The zero-order valence-electron chi connectivity index (χ0n) is 9.51. The van der Waals surface area contributed by atoms with E-state index < -0.39 is 0 Å². The molecule has 90 valence electrons. The molecule has 0 spiro atoms. The smallest absolute Gasteiger partial charge is 0.274 e. The molecule has 0 saturated carbocycles. The fourth-order valence-corrected chi connectivity index (χ4v) is 1.65. The lowest BCUT2D eigenvalue weighted by Gasteiger charge is -2.04. The van der Waals surface area contributed by atoms with Gasteiger partial charge in [0.25, 0.3) is 5.56 Å². The van der Waals surface area contributed by atoms with Gasteiger partial charge in [-0.2, -0.15) is 0 Å². The molecule has 17 heavy (non-hydrogen) atoms. The number of nitrogens with one attached hydrogen (secondary N) is 1. The van der Waals surface area contributed by atoms with Crippen LogP contribution < -0.4 is 10.3 Å². The van der Waals surface area contributed by atoms with E-state index in [9.17, 15) is 4.79 Å².